The summed E-state index contributed by atoms with van der Waals surface area (Å²) in [6.45, 7) is 0. The topological polar surface area (TPSA) is 114 Å². The van der Waals surface area contributed by atoms with Gasteiger partial charge in [0.15, 0.2) is 0 Å². The van der Waals surface area contributed by atoms with Gasteiger partial charge < -0.3 is 30.4 Å². The van der Waals surface area contributed by atoms with E-state index in [1.807, 2.05) is 6.07 Å². The molecule has 0 aromatic heterocycles. The lowest BCUT2D eigenvalue weighted by molar-refractivity contribution is -0.137. The Kier molecular flexibility index (Phi) is 7.51. The van der Waals surface area contributed by atoms with E-state index in [4.69, 9.17) is 15.0 Å². The van der Waals surface area contributed by atoms with Crippen LogP contribution in [0.15, 0.2) is 54.6 Å². The molecule has 228 valence electrons. The Balaban J connectivity index is 1.11. The van der Waals surface area contributed by atoms with Crippen molar-refractivity contribution in [3.63, 3.8) is 0 Å². The van der Waals surface area contributed by atoms with Crippen molar-refractivity contribution in [1.82, 2.24) is 0 Å². The van der Waals surface area contributed by atoms with E-state index in [2.05, 4.69) is 5.32 Å². The minimum Gasteiger partial charge on any atom is -0.423 e. The molecule has 2 aliphatic heterocycles. The number of alkyl halides is 3. The van der Waals surface area contributed by atoms with Crippen molar-refractivity contribution in [1.29, 1.82) is 0 Å². The third kappa shape index (κ3) is 5.31. The van der Waals surface area contributed by atoms with Crippen LogP contribution in [-0.2, 0) is 15.5 Å². The average Bonchev–Trinajstić information content (AvgIpc) is 3.80. The Morgan fingerprint density at radius 3 is 2.20 bits per heavy atom. The monoisotopic (exact) mass is 604 g/mol. The first-order valence-electron chi connectivity index (χ1n) is 15.3. The van der Waals surface area contributed by atoms with Crippen molar-refractivity contribution in [2.45, 2.75) is 69.2 Å². The molecule has 0 saturated heterocycles. The van der Waals surface area contributed by atoms with Gasteiger partial charge in [-0.25, -0.2) is 0 Å². The molecule has 3 aromatic carbocycles. The van der Waals surface area contributed by atoms with E-state index in [-0.39, 0.29) is 24.0 Å². The number of hydrogen-bond acceptors (Lipinski definition) is 6. The van der Waals surface area contributed by atoms with E-state index in [0.717, 1.165) is 49.3 Å². The lowest BCUT2D eigenvalue weighted by atomic mass is 9.78. The van der Waals surface area contributed by atoms with Crippen LogP contribution in [0, 0.1) is 11.8 Å². The van der Waals surface area contributed by atoms with Gasteiger partial charge in [-0.05, 0) is 114 Å². The summed E-state index contributed by atoms with van der Waals surface area (Å²) < 4.78 is 53.9. The molecular formula is C32H33B2F3N2O5. The maximum absolute atomic E-state index is 14.1. The number of nitrogens with two attached hydrogens (primary N) is 1. The molecule has 2 saturated carbocycles. The Morgan fingerprint density at radius 2 is 1.50 bits per heavy atom. The van der Waals surface area contributed by atoms with Gasteiger partial charge in [0.25, 0.3) is 5.91 Å². The zero-order chi connectivity index (χ0) is 30.7. The summed E-state index contributed by atoms with van der Waals surface area (Å²) in [5.74, 6) is -0.583. The first kappa shape index (κ1) is 29.4. The number of anilines is 2. The van der Waals surface area contributed by atoms with Crippen molar-refractivity contribution >= 4 is 42.4 Å². The Hall–Kier alpha value is -3.31. The first-order chi connectivity index (χ1) is 21.1. The van der Waals surface area contributed by atoms with Gasteiger partial charge in [-0.2, -0.15) is 13.2 Å². The Bertz CT molecular complexity index is 1600. The molecule has 4 unspecified atom stereocenters. The summed E-state index contributed by atoms with van der Waals surface area (Å²) >= 11 is 0. The van der Waals surface area contributed by atoms with Crippen LogP contribution < -0.4 is 22.0 Å². The van der Waals surface area contributed by atoms with E-state index in [0.29, 0.717) is 46.6 Å². The lowest BCUT2D eigenvalue weighted by Gasteiger charge is -2.21. The van der Waals surface area contributed by atoms with Gasteiger partial charge in [0.1, 0.15) is 0 Å². The smallest absolute Gasteiger partial charge is 0.423 e. The van der Waals surface area contributed by atoms with Gasteiger partial charge in [-0.3, -0.25) is 4.79 Å². The molecule has 12 heteroatoms. The number of benzene rings is 3. The zero-order valence-corrected chi connectivity index (χ0v) is 24.0. The van der Waals surface area contributed by atoms with E-state index < -0.39 is 37.4 Å². The molecule has 1 amide bonds. The quantitative estimate of drug-likeness (QED) is 0.245. The fourth-order valence-electron chi connectivity index (χ4n) is 7.80. The van der Waals surface area contributed by atoms with Crippen molar-refractivity contribution < 1.29 is 37.3 Å². The van der Waals surface area contributed by atoms with Crippen LogP contribution in [0.1, 0.15) is 95.7 Å². The number of carbonyl (C=O) groups excluding carboxylic acids is 1. The summed E-state index contributed by atoms with van der Waals surface area (Å²) in [6, 6.07) is 14.2. The summed E-state index contributed by atoms with van der Waals surface area (Å²) in [4.78, 5) is 13.4. The first-order valence-corrected chi connectivity index (χ1v) is 15.3. The molecule has 2 fully saturated rings. The third-order valence-corrected chi connectivity index (χ3v) is 9.95. The van der Waals surface area contributed by atoms with E-state index in [9.17, 15) is 28.0 Å². The molecule has 44 heavy (non-hydrogen) atoms. The zero-order valence-electron chi connectivity index (χ0n) is 24.0. The molecule has 0 radical (unpaired) electrons. The second-order valence-corrected chi connectivity index (χ2v) is 12.6. The molecule has 4 aliphatic rings. The molecule has 0 spiro atoms. The number of nitrogen functional groups attached to an aromatic ring is 1. The number of halogens is 3. The van der Waals surface area contributed by atoms with Crippen LogP contribution in [0.25, 0.3) is 0 Å². The van der Waals surface area contributed by atoms with Crippen LogP contribution in [-0.4, -0.2) is 30.2 Å². The van der Waals surface area contributed by atoms with Gasteiger partial charge in [0, 0.05) is 11.4 Å². The van der Waals surface area contributed by atoms with Gasteiger partial charge >= 0.3 is 20.4 Å². The minimum absolute atomic E-state index is 0.0483. The van der Waals surface area contributed by atoms with Gasteiger partial charge in [-0.1, -0.05) is 31.0 Å². The number of rotatable bonds is 5. The SMILES string of the molecule is Nc1ccc2c(c1)B(O)OC2C1CCC(c2ccc(C(F)(F)F)c(C(=O)Nc3ccc4c(c3)B(O)OC4C3CCCC3)c2)C1. The summed E-state index contributed by atoms with van der Waals surface area (Å²) in [5, 5.41) is 23.6. The van der Waals surface area contributed by atoms with Crippen LogP contribution in [0.3, 0.4) is 0 Å². The lowest BCUT2D eigenvalue weighted by Crippen LogP contribution is -2.28. The highest BCUT2D eigenvalue weighted by Crippen LogP contribution is 2.47. The van der Waals surface area contributed by atoms with Crippen LogP contribution in [0.5, 0.6) is 0 Å². The maximum atomic E-state index is 14.1. The predicted molar refractivity (Wildman–Crippen MR) is 162 cm³/mol. The Labute approximate surface area is 254 Å². The summed E-state index contributed by atoms with van der Waals surface area (Å²) in [5.41, 5.74) is 8.82. The highest BCUT2D eigenvalue weighted by atomic mass is 19.4. The largest absolute Gasteiger partial charge is 0.492 e. The third-order valence-electron chi connectivity index (χ3n) is 9.95. The standard InChI is InChI=1S/C32H33B2F3N2O5/c35-32(36,37)26-12-7-19(18-5-6-20(13-18)30-23-10-8-21(38)15-27(23)33(41)44-30)14-25(26)31(40)39-22-9-11-24-28(16-22)34(42)43-29(24)17-3-1-2-4-17/h7-12,14-18,20,29-30,41-42H,1-6,13,38H2,(H,39,40). The van der Waals surface area contributed by atoms with Gasteiger partial charge in [-0.15, -0.1) is 0 Å². The predicted octanol–water partition coefficient (Wildman–Crippen LogP) is 4.83. The molecule has 7 nitrogen and oxygen atoms in total. The van der Waals surface area contributed by atoms with Crippen molar-refractivity contribution in [3.05, 3.63) is 82.4 Å². The van der Waals surface area contributed by atoms with Crippen LogP contribution in [0.2, 0.25) is 0 Å². The van der Waals surface area contributed by atoms with Crippen LogP contribution in [0.4, 0.5) is 24.5 Å². The van der Waals surface area contributed by atoms with E-state index >= 15 is 0 Å². The van der Waals surface area contributed by atoms with Crippen molar-refractivity contribution in [3.8, 4) is 0 Å². The maximum Gasteiger partial charge on any atom is 0.492 e. The number of fused-ring (bicyclic) bond motifs is 2. The summed E-state index contributed by atoms with van der Waals surface area (Å²) in [7, 11) is -2.22. The number of nitrogens with one attached hydrogen (secondary N) is 1. The van der Waals surface area contributed by atoms with Crippen LogP contribution >= 0.6 is 0 Å². The summed E-state index contributed by atoms with van der Waals surface area (Å²) in [6.07, 6.45) is 1.10. The number of hydrogen-bond donors (Lipinski definition) is 4. The highest BCUT2D eigenvalue weighted by molar-refractivity contribution is 6.62. The molecule has 7 rings (SSSR count). The Morgan fingerprint density at radius 1 is 0.841 bits per heavy atom. The normalized spacial score (nSPS) is 25.0. The second-order valence-electron chi connectivity index (χ2n) is 12.6. The highest BCUT2D eigenvalue weighted by Gasteiger charge is 2.43. The number of carbonyl (C=O) groups is 1. The van der Waals surface area contributed by atoms with Gasteiger partial charge in [0.2, 0.25) is 0 Å². The van der Waals surface area contributed by atoms with Crippen molar-refractivity contribution in [2.24, 2.45) is 11.8 Å². The molecule has 2 heterocycles. The van der Waals surface area contributed by atoms with E-state index in [1.165, 1.54) is 12.1 Å². The number of amides is 1. The molecule has 4 atom stereocenters. The minimum atomic E-state index is -4.72. The van der Waals surface area contributed by atoms with Gasteiger partial charge in [0.05, 0.1) is 23.3 Å². The molecular weight excluding hydrogens is 571 g/mol. The van der Waals surface area contributed by atoms with E-state index in [1.54, 1.807) is 30.3 Å². The average molecular weight is 604 g/mol. The second kappa shape index (κ2) is 11.2. The molecule has 3 aromatic rings. The molecule has 2 aliphatic carbocycles. The fourth-order valence-corrected chi connectivity index (χ4v) is 7.80. The van der Waals surface area contributed by atoms with Crippen molar-refractivity contribution in [2.75, 3.05) is 11.1 Å². The molecule has 0 bridgehead atoms. The fraction of sp³-hybridized carbons (Fsp3) is 0.406. The molecule has 5 N–H and O–H groups in total.